The summed E-state index contributed by atoms with van der Waals surface area (Å²) >= 11 is 5.77. The number of hydrogen-bond donors (Lipinski definition) is 0. The van der Waals surface area contributed by atoms with Crippen LogP contribution >= 0.6 is 11.6 Å². The monoisotopic (exact) mass is 318 g/mol. The highest BCUT2D eigenvalue weighted by Gasteiger charge is 2.11. The lowest BCUT2D eigenvalue weighted by Gasteiger charge is -2.06. The third-order valence-corrected chi connectivity index (χ3v) is 3.27. The molecule has 0 saturated carbocycles. The number of carbonyl (C=O) groups is 2. The molecule has 0 aromatic heterocycles. The minimum atomic E-state index is -0.460. The van der Waals surface area contributed by atoms with Crippen molar-refractivity contribution in [1.82, 2.24) is 0 Å². The van der Waals surface area contributed by atoms with E-state index in [0.717, 1.165) is 5.56 Å². The number of ether oxygens (including phenoxy) is 2. The highest BCUT2D eigenvalue weighted by Crippen LogP contribution is 2.13. The summed E-state index contributed by atoms with van der Waals surface area (Å²) in [6, 6.07) is 13.6. The van der Waals surface area contributed by atoms with E-state index in [-0.39, 0.29) is 18.8 Å². The average Bonchev–Trinajstić information content (AvgIpc) is 2.55. The fraction of sp³-hybridized carbons (Fsp3) is 0.176. The van der Waals surface area contributed by atoms with Crippen molar-refractivity contribution in [2.24, 2.45) is 0 Å². The van der Waals surface area contributed by atoms with E-state index in [1.165, 1.54) is 7.11 Å². The Morgan fingerprint density at radius 1 is 1.09 bits per heavy atom. The van der Waals surface area contributed by atoms with Crippen molar-refractivity contribution in [3.63, 3.8) is 0 Å². The number of halogens is 1. The van der Waals surface area contributed by atoms with Crippen LogP contribution in [0.5, 0.6) is 5.75 Å². The number of hydrogen-bond acceptors (Lipinski definition) is 4. The van der Waals surface area contributed by atoms with Gasteiger partial charge in [0.05, 0.1) is 13.5 Å². The normalized spacial score (nSPS) is 10.1. The predicted molar refractivity (Wildman–Crippen MR) is 83.4 cm³/mol. The Morgan fingerprint density at radius 3 is 2.50 bits per heavy atom. The second kappa shape index (κ2) is 7.61. The van der Waals surface area contributed by atoms with Crippen LogP contribution in [0.1, 0.15) is 15.9 Å². The maximum absolute atomic E-state index is 12.0. The van der Waals surface area contributed by atoms with Gasteiger partial charge in [0.25, 0.3) is 0 Å². The van der Waals surface area contributed by atoms with E-state index in [0.29, 0.717) is 16.3 Å². The van der Waals surface area contributed by atoms with E-state index in [2.05, 4.69) is 0 Å². The standard InChI is InChI=1S/C17H15ClO4/c1-21-15-4-2-3-13(10-15)16(19)11-22-17(20)9-12-5-7-14(18)8-6-12/h2-8,10H,9,11H2,1H3. The van der Waals surface area contributed by atoms with Crippen LogP contribution in [0.15, 0.2) is 48.5 Å². The molecule has 0 unspecified atom stereocenters. The molecule has 4 nitrogen and oxygen atoms in total. The molecule has 0 atom stereocenters. The summed E-state index contributed by atoms with van der Waals surface area (Å²) in [6.07, 6.45) is 0.0998. The van der Waals surface area contributed by atoms with Gasteiger partial charge in [-0.2, -0.15) is 0 Å². The van der Waals surface area contributed by atoms with Crippen molar-refractivity contribution < 1.29 is 19.1 Å². The summed E-state index contributed by atoms with van der Waals surface area (Å²) in [7, 11) is 1.52. The molecule has 0 bridgehead atoms. The summed E-state index contributed by atoms with van der Waals surface area (Å²) in [5, 5.41) is 0.602. The zero-order chi connectivity index (χ0) is 15.9. The predicted octanol–water partition coefficient (Wildman–Crippen LogP) is 3.32. The molecular weight excluding hydrogens is 304 g/mol. The van der Waals surface area contributed by atoms with Gasteiger partial charge in [0.15, 0.2) is 12.4 Å². The van der Waals surface area contributed by atoms with Gasteiger partial charge < -0.3 is 9.47 Å². The summed E-state index contributed by atoms with van der Waals surface area (Å²) < 4.78 is 10.1. The van der Waals surface area contributed by atoms with Crippen LogP contribution in [-0.2, 0) is 16.0 Å². The highest BCUT2D eigenvalue weighted by molar-refractivity contribution is 6.30. The molecule has 0 heterocycles. The minimum Gasteiger partial charge on any atom is -0.497 e. The molecule has 0 aliphatic rings. The van der Waals surface area contributed by atoms with Gasteiger partial charge in [0.1, 0.15) is 5.75 Å². The van der Waals surface area contributed by atoms with Crippen LogP contribution in [0.3, 0.4) is 0 Å². The molecule has 0 radical (unpaired) electrons. The van der Waals surface area contributed by atoms with Crippen molar-refractivity contribution in [3.05, 3.63) is 64.7 Å². The molecule has 2 rings (SSSR count). The number of benzene rings is 2. The fourth-order valence-electron chi connectivity index (χ4n) is 1.85. The van der Waals surface area contributed by atoms with Crippen LogP contribution < -0.4 is 4.74 Å². The Labute approximate surface area is 133 Å². The van der Waals surface area contributed by atoms with E-state index in [1.807, 2.05) is 0 Å². The van der Waals surface area contributed by atoms with E-state index < -0.39 is 5.97 Å². The van der Waals surface area contributed by atoms with Crippen molar-refractivity contribution in [2.45, 2.75) is 6.42 Å². The quantitative estimate of drug-likeness (QED) is 0.605. The molecule has 0 N–H and O–H groups in total. The Kier molecular flexibility index (Phi) is 5.55. The summed E-state index contributed by atoms with van der Waals surface area (Å²) in [5.74, 6) is -0.153. The molecule has 2 aromatic rings. The molecule has 0 aliphatic carbocycles. The van der Waals surface area contributed by atoms with Crippen LogP contribution in [0.2, 0.25) is 5.02 Å². The Bertz CT molecular complexity index is 665. The second-order valence-corrected chi connectivity index (χ2v) is 5.06. The molecule has 0 amide bonds. The smallest absolute Gasteiger partial charge is 0.310 e. The number of ketones is 1. The lowest BCUT2D eigenvalue weighted by atomic mass is 10.1. The number of esters is 1. The van der Waals surface area contributed by atoms with Crippen LogP contribution in [0.4, 0.5) is 0 Å². The van der Waals surface area contributed by atoms with Gasteiger partial charge in [0, 0.05) is 10.6 Å². The first-order valence-corrected chi connectivity index (χ1v) is 7.03. The number of rotatable bonds is 6. The van der Waals surface area contributed by atoms with Gasteiger partial charge in [-0.05, 0) is 29.8 Å². The van der Waals surface area contributed by atoms with Crippen LogP contribution in [0, 0.1) is 0 Å². The van der Waals surface area contributed by atoms with Gasteiger partial charge in [-0.15, -0.1) is 0 Å². The zero-order valence-corrected chi connectivity index (χ0v) is 12.8. The molecule has 114 valence electrons. The highest BCUT2D eigenvalue weighted by atomic mass is 35.5. The number of methoxy groups -OCH3 is 1. The van der Waals surface area contributed by atoms with Gasteiger partial charge in [-0.25, -0.2) is 0 Å². The molecule has 22 heavy (non-hydrogen) atoms. The van der Waals surface area contributed by atoms with Gasteiger partial charge in [0.2, 0.25) is 0 Å². The lowest BCUT2D eigenvalue weighted by Crippen LogP contribution is -2.15. The van der Waals surface area contributed by atoms with Crippen LogP contribution in [0.25, 0.3) is 0 Å². The van der Waals surface area contributed by atoms with Gasteiger partial charge >= 0.3 is 5.97 Å². The Hall–Kier alpha value is -2.33. The second-order valence-electron chi connectivity index (χ2n) is 4.62. The van der Waals surface area contributed by atoms with Crippen molar-refractivity contribution in [3.8, 4) is 5.75 Å². The van der Waals surface area contributed by atoms with E-state index in [4.69, 9.17) is 21.1 Å². The fourth-order valence-corrected chi connectivity index (χ4v) is 1.97. The minimum absolute atomic E-state index is 0.0998. The largest absolute Gasteiger partial charge is 0.497 e. The number of carbonyl (C=O) groups excluding carboxylic acids is 2. The summed E-state index contributed by atoms with van der Waals surface area (Å²) in [5.41, 5.74) is 1.22. The maximum atomic E-state index is 12.0. The Morgan fingerprint density at radius 2 is 1.82 bits per heavy atom. The molecule has 2 aromatic carbocycles. The number of Topliss-reactive ketones (excluding diaryl/α,β-unsaturated/α-hetero) is 1. The van der Waals surface area contributed by atoms with Gasteiger partial charge in [-0.3, -0.25) is 9.59 Å². The molecular formula is C17H15ClO4. The lowest BCUT2D eigenvalue weighted by molar-refractivity contribution is -0.141. The van der Waals surface area contributed by atoms with E-state index in [9.17, 15) is 9.59 Å². The SMILES string of the molecule is COc1cccc(C(=O)COC(=O)Cc2ccc(Cl)cc2)c1. The maximum Gasteiger partial charge on any atom is 0.310 e. The molecule has 0 saturated heterocycles. The van der Waals surface area contributed by atoms with E-state index >= 15 is 0 Å². The van der Waals surface area contributed by atoms with Gasteiger partial charge in [-0.1, -0.05) is 35.9 Å². The molecule has 0 spiro atoms. The zero-order valence-electron chi connectivity index (χ0n) is 12.0. The summed E-state index contributed by atoms with van der Waals surface area (Å²) in [6.45, 7) is -0.292. The van der Waals surface area contributed by atoms with E-state index in [1.54, 1.807) is 48.5 Å². The molecule has 0 fully saturated rings. The average molecular weight is 319 g/mol. The topological polar surface area (TPSA) is 52.6 Å². The first-order chi connectivity index (χ1) is 10.6. The molecule has 5 heteroatoms. The Balaban J connectivity index is 1.87. The molecule has 0 aliphatic heterocycles. The summed E-state index contributed by atoms with van der Waals surface area (Å²) in [4.78, 5) is 23.7. The van der Waals surface area contributed by atoms with Crippen molar-refractivity contribution in [1.29, 1.82) is 0 Å². The van der Waals surface area contributed by atoms with Crippen LogP contribution in [-0.4, -0.2) is 25.5 Å². The van der Waals surface area contributed by atoms with Crippen molar-refractivity contribution >= 4 is 23.4 Å². The third-order valence-electron chi connectivity index (χ3n) is 3.02. The first-order valence-electron chi connectivity index (χ1n) is 6.66. The third kappa shape index (κ3) is 4.60. The first kappa shape index (κ1) is 16.0. The van der Waals surface area contributed by atoms with Crippen molar-refractivity contribution in [2.75, 3.05) is 13.7 Å².